The molecule has 1 heterocycles. The summed E-state index contributed by atoms with van der Waals surface area (Å²) in [6.45, 7) is 3.62. The molecule has 3 rings (SSSR count). The monoisotopic (exact) mass is 326 g/mol. The van der Waals surface area contributed by atoms with E-state index in [1.807, 2.05) is 43.3 Å². The molecule has 1 unspecified atom stereocenters. The quantitative estimate of drug-likeness (QED) is 0.887. The van der Waals surface area contributed by atoms with E-state index in [-0.39, 0.29) is 11.9 Å². The maximum Gasteiger partial charge on any atom is 0.251 e. The van der Waals surface area contributed by atoms with Crippen molar-refractivity contribution in [3.63, 3.8) is 0 Å². The van der Waals surface area contributed by atoms with Gasteiger partial charge >= 0.3 is 0 Å². The first-order valence-electron chi connectivity index (χ1n) is 7.97. The maximum atomic E-state index is 12.6. The number of carbonyl (C=O) groups excluding carboxylic acids is 1. The van der Waals surface area contributed by atoms with Gasteiger partial charge < -0.3 is 20.1 Å². The van der Waals surface area contributed by atoms with Crippen LogP contribution in [0.15, 0.2) is 36.4 Å². The molecule has 0 bridgehead atoms. The van der Waals surface area contributed by atoms with Crippen molar-refractivity contribution in [3.05, 3.63) is 58.7 Å². The van der Waals surface area contributed by atoms with E-state index in [0.717, 1.165) is 30.2 Å². The van der Waals surface area contributed by atoms with Crippen LogP contribution in [0.25, 0.3) is 0 Å². The van der Waals surface area contributed by atoms with Crippen LogP contribution in [0.1, 0.15) is 40.0 Å². The average Bonchev–Trinajstić information content (AvgIpc) is 3.08. The summed E-state index contributed by atoms with van der Waals surface area (Å²) in [5.74, 6) is 1.36. The average molecular weight is 326 g/mol. The van der Waals surface area contributed by atoms with E-state index in [1.54, 1.807) is 14.2 Å². The summed E-state index contributed by atoms with van der Waals surface area (Å²) < 4.78 is 10.7. The van der Waals surface area contributed by atoms with Crippen molar-refractivity contribution < 1.29 is 14.3 Å². The van der Waals surface area contributed by atoms with Crippen molar-refractivity contribution in [1.29, 1.82) is 0 Å². The van der Waals surface area contributed by atoms with E-state index in [4.69, 9.17) is 9.47 Å². The van der Waals surface area contributed by atoms with Crippen molar-refractivity contribution in [3.8, 4) is 11.5 Å². The molecular formula is C19H22N2O3. The Morgan fingerprint density at radius 2 is 1.88 bits per heavy atom. The third kappa shape index (κ3) is 3.21. The number of rotatable bonds is 5. The molecule has 0 spiro atoms. The molecule has 0 saturated heterocycles. The molecule has 2 aromatic rings. The highest BCUT2D eigenvalue weighted by Crippen LogP contribution is 2.29. The fourth-order valence-corrected chi connectivity index (χ4v) is 2.97. The van der Waals surface area contributed by atoms with Gasteiger partial charge in [-0.15, -0.1) is 0 Å². The SMILES string of the molecule is COc1ccc(OC)c(C(C)NC(=O)c2ccc3c(c2)CNC3)c1. The van der Waals surface area contributed by atoms with Crippen LogP contribution in [-0.2, 0) is 13.1 Å². The highest BCUT2D eigenvalue weighted by atomic mass is 16.5. The third-order valence-corrected chi connectivity index (χ3v) is 4.35. The molecule has 2 aromatic carbocycles. The number of benzene rings is 2. The molecule has 24 heavy (non-hydrogen) atoms. The van der Waals surface area contributed by atoms with Gasteiger partial charge in [-0.3, -0.25) is 4.79 Å². The molecule has 0 aliphatic carbocycles. The second kappa shape index (κ2) is 6.93. The lowest BCUT2D eigenvalue weighted by Crippen LogP contribution is -2.27. The minimum Gasteiger partial charge on any atom is -0.497 e. The fraction of sp³-hybridized carbons (Fsp3) is 0.316. The molecule has 1 atom stereocenters. The number of hydrogen-bond donors (Lipinski definition) is 2. The Morgan fingerprint density at radius 3 is 2.62 bits per heavy atom. The lowest BCUT2D eigenvalue weighted by atomic mass is 10.0. The number of amides is 1. The van der Waals surface area contributed by atoms with Gasteiger partial charge in [-0.1, -0.05) is 6.07 Å². The number of fused-ring (bicyclic) bond motifs is 1. The Bertz CT molecular complexity index is 758. The molecule has 126 valence electrons. The Hall–Kier alpha value is -2.53. The number of ether oxygens (including phenoxy) is 2. The van der Waals surface area contributed by atoms with Crippen LogP contribution >= 0.6 is 0 Å². The fourth-order valence-electron chi connectivity index (χ4n) is 2.97. The highest BCUT2D eigenvalue weighted by molar-refractivity contribution is 5.94. The van der Waals surface area contributed by atoms with Crippen LogP contribution in [0, 0.1) is 0 Å². The minimum atomic E-state index is -0.200. The van der Waals surface area contributed by atoms with E-state index < -0.39 is 0 Å². The zero-order chi connectivity index (χ0) is 17.1. The zero-order valence-corrected chi connectivity index (χ0v) is 14.2. The molecule has 0 aromatic heterocycles. The van der Waals surface area contributed by atoms with Gasteiger partial charge in [-0.2, -0.15) is 0 Å². The van der Waals surface area contributed by atoms with Gasteiger partial charge in [0, 0.05) is 24.2 Å². The summed E-state index contributed by atoms with van der Waals surface area (Å²) in [6.07, 6.45) is 0. The van der Waals surface area contributed by atoms with Crippen molar-refractivity contribution in [2.45, 2.75) is 26.1 Å². The van der Waals surface area contributed by atoms with Crippen LogP contribution in [-0.4, -0.2) is 20.1 Å². The summed E-state index contributed by atoms with van der Waals surface area (Å²) in [5.41, 5.74) is 4.00. The van der Waals surface area contributed by atoms with Crippen molar-refractivity contribution in [2.24, 2.45) is 0 Å². The topological polar surface area (TPSA) is 59.6 Å². The first kappa shape index (κ1) is 16.3. The summed E-state index contributed by atoms with van der Waals surface area (Å²) >= 11 is 0. The molecule has 0 saturated carbocycles. The predicted octanol–water partition coefficient (Wildman–Crippen LogP) is 2.80. The number of carbonyl (C=O) groups is 1. The van der Waals surface area contributed by atoms with Crippen molar-refractivity contribution >= 4 is 5.91 Å². The molecule has 1 aliphatic heterocycles. The molecule has 5 nitrogen and oxygen atoms in total. The van der Waals surface area contributed by atoms with Gasteiger partial charge in [0.2, 0.25) is 0 Å². The lowest BCUT2D eigenvalue weighted by Gasteiger charge is -2.18. The summed E-state index contributed by atoms with van der Waals surface area (Å²) in [4.78, 5) is 12.6. The first-order chi connectivity index (χ1) is 11.6. The molecule has 0 fully saturated rings. The van der Waals surface area contributed by atoms with Gasteiger partial charge in [-0.05, 0) is 48.4 Å². The molecule has 0 radical (unpaired) electrons. The normalized spacial score (nSPS) is 14.0. The van der Waals surface area contributed by atoms with Crippen molar-refractivity contribution in [2.75, 3.05) is 14.2 Å². The molecule has 1 amide bonds. The van der Waals surface area contributed by atoms with Crippen LogP contribution < -0.4 is 20.1 Å². The smallest absolute Gasteiger partial charge is 0.251 e. The van der Waals surface area contributed by atoms with Gasteiger partial charge in [0.15, 0.2) is 0 Å². The van der Waals surface area contributed by atoms with E-state index in [0.29, 0.717) is 5.56 Å². The highest BCUT2D eigenvalue weighted by Gasteiger charge is 2.18. The Balaban J connectivity index is 1.79. The molecular weight excluding hydrogens is 304 g/mol. The van der Waals surface area contributed by atoms with Gasteiger partial charge in [0.05, 0.1) is 20.3 Å². The number of methoxy groups -OCH3 is 2. The number of nitrogens with one attached hydrogen (secondary N) is 2. The van der Waals surface area contributed by atoms with Gasteiger partial charge in [0.25, 0.3) is 5.91 Å². The van der Waals surface area contributed by atoms with Crippen molar-refractivity contribution in [1.82, 2.24) is 10.6 Å². The Morgan fingerprint density at radius 1 is 1.08 bits per heavy atom. The zero-order valence-electron chi connectivity index (χ0n) is 14.2. The molecule has 1 aliphatic rings. The van der Waals surface area contributed by atoms with Crippen LogP contribution in [0.2, 0.25) is 0 Å². The van der Waals surface area contributed by atoms with E-state index in [9.17, 15) is 4.79 Å². The predicted molar refractivity (Wildman–Crippen MR) is 92.4 cm³/mol. The van der Waals surface area contributed by atoms with Gasteiger partial charge in [-0.25, -0.2) is 0 Å². The van der Waals surface area contributed by atoms with E-state index in [1.165, 1.54) is 11.1 Å². The summed E-state index contributed by atoms with van der Waals surface area (Å²) in [7, 11) is 3.24. The maximum absolute atomic E-state index is 12.6. The second-order valence-electron chi connectivity index (χ2n) is 5.89. The van der Waals surface area contributed by atoms with E-state index >= 15 is 0 Å². The Kier molecular flexibility index (Phi) is 4.71. The Labute approximate surface area is 142 Å². The molecule has 2 N–H and O–H groups in total. The lowest BCUT2D eigenvalue weighted by molar-refractivity contribution is 0.0939. The summed E-state index contributed by atoms with van der Waals surface area (Å²) in [6, 6.07) is 11.2. The van der Waals surface area contributed by atoms with Crippen LogP contribution in [0.4, 0.5) is 0 Å². The molecule has 5 heteroatoms. The standard InChI is InChI=1S/C19H22N2O3/c1-12(17-9-16(23-2)6-7-18(17)24-3)21-19(22)13-4-5-14-10-20-11-15(14)8-13/h4-9,12,20H,10-11H2,1-3H3,(H,21,22). The minimum absolute atomic E-state index is 0.0953. The number of hydrogen-bond acceptors (Lipinski definition) is 4. The van der Waals surface area contributed by atoms with Gasteiger partial charge in [0.1, 0.15) is 11.5 Å². The summed E-state index contributed by atoms with van der Waals surface area (Å²) in [5, 5.41) is 6.32. The third-order valence-electron chi connectivity index (χ3n) is 4.35. The largest absolute Gasteiger partial charge is 0.497 e. The second-order valence-corrected chi connectivity index (χ2v) is 5.89. The van der Waals surface area contributed by atoms with Crippen LogP contribution in [0.3, 0.4) is 0 Å². The van der Waals surface area contributed by atoms with E-state index in [2.05, 4.69) is 10.6 Å². The van der Waals surface area contributed by atoms with Crippen LogP contribution in [0.5, 0.6) is 11.5 Å². The first-order valence-corrected chi connectivity index (χ1v) is 7.97.